The van der Waals surface area contributed by atoms with Crippen LogP contribution in [0.2, 0.25) is 0 Å². The van der Waals surface area contributed by atoms with Gasteiger partial charge in [-0.15, -0.1) is 0 Å². The SMILES string of the molecule is O=C(Nc1ccc(C(F)(F)F)cc1)N(CCN1CCOCC1)CC(=O)N1N=C(c2ccccc2F)CC1c1ccccc1. The van der Waals surface area contributed by atoms with Gasteiger partial charge in [-0.3, -0.25) is 9.69 Å². The van der Waals surface area contributed by atoms with Gasteiger partial charge < -0.3 is 15.0 Å². The maximum absolute atomic E-state index is 14.7. The van der Waals surface area contributed by atoms with Gasteiger partial charge in [-0.25, -0.2) is 14.2 Å². The predicted octanol–water partition coefficient (Wildman–Crippen LogP) is 5.39. The first-order valence-electron chi connectivity index (χ1n) is 13.9. The minimum absolute atomic E-state index is 0.157. The molecule has 1 saturated heterocycles. The molecule has 2 aliphatic rings. The Morgan fingerprint density at radius 3 is 2.30 bits per heavy atom. The molecule has 5 rings (SSSR count). The number of hydrogen-bond acceptors (Lipinski definition) is 5. The lowest BCUT2D eigenvalue weighted by atomic mass is 9.98. The third kappa shape index (κ3) is 7.57. The summed E-state index contributed by atoms with van der Waals surface area (Å²) >= 11 is 0. The van der Waals surface area contributed by atoms with E-state index in [9.17, 15) is 27.2 Å². The van der Waals surface area contributed by atoms with Crippen LogP contribution in [-0.2, 0) is 15.7 Å². The lowest BCUT2D eigenvalue weighted by molar-refractivity contribution is -0.137. The zero-order valence-electron chi connectivity index (χ0n) is 23.3. The minimum atomic E-state index is -4.51. The van der Waals surface area contributed by atoms with Crippen molar-refractivity contribution in [2.75, 3.05) is 51.3 Å². The van der Waals surface area contributed by atoms with Gasteiger partial charge in [0.25, 0.3) is 5.91 Å². The van der Waals surface area contributed by atoms with E-state index in [1.165, 1.54) is 28.1 Å². The van der Waals surface area contributed by atoms with Gasteiger partial charge in [0.05, 0.1) is 30.5 Å². The van der Waals surface area contributed by atoms with Crippen LogP contribution in [0.3, 0.4) is 0 Å². The molecule has 1 N–H and O–H groups in total. The van der Waals surface area contributed by atoms with Crippen LogP contribution in [0, 0.1) is 5.82 Å². The van der Waals surface area contributed by atoms with E-state index in [0.29, 0.717) is 44.1 Å². The molecular formula is C31H31F4N5O3. The maximum atomic E-state index is 14.7. The number of hydrogen-bond donors (Lipinski definition) is 1. The number of carbonyl (C=O) groups is 2. The molecule has 0 aliphatic carbocycles. The van der Waals surface area contributed by atoms with E-state index in [-0.39, 0.29) is 25.2 Å². The molecule has 0 bridgehead atoms. The van der Waals surface area contributed by atoms with Crippen LogP contribution in [0.4, 0.5) is 28.0 Å². The van der Waals surface area contributed by atoms with Gasteiger partial charge in [-0.2, -0.15) is 18.3 Å². The van der Waals surface area contributed by atoms with Crippen molar-refractivity contribution in [3.63, 3.8) is 0 Å². The van der Waals surface area contributed by atoms with Crippen LogP contribution in [0.25, 0.3) is 0 Å². The minimum Gasteiger partial charge on any atom is -0.379 e. The first-order chi connectivity index (χ1) is 20.7. The standard InChI is InChI=1S/C31H31F4N5O3/c32-26-9-5-4-8-25(26)27-20-28(22-6-2-1-3-7-22)40(37-27)29(41)21-39(15-14-38-16-18-43-19-17-38)30(42)36-24-12-10-23(11-13-24)31(33,34)35/h1-13,28H,14-21H2,(H,36,42). The summed E-state index contributed by atoms with van der Waals surface area (Å²) in [5.74, 6) is -0.935. The molecular weight excluding hydrogens is 566 g/mol. The number of nitrogens with zero attached hydrogens (tertiary/aromatic N) is 4. The van der Waals surface area contributed by atoms with E-state index in [4.69, 9.17) is 4.74 Å². The highest BCUT2D eigenvalue weighted by Crippen LogP contribution is 2.33. The van der Waals surface area contributed by atoms with Gasteiger partial charge in [-0.1, -0.05) is 48.5 Å². The number of nitrogens with one attached hydrogen (secondary N) is 1. The molecule has 43 heavy (non-hydrogen) atoms. The van der Waals surface area contributed by atoms with Gasteiger partial charge in [0.1, 0.15) is 12.4 Å². The molecule has 0 saturated carbocycles. The van der Waals surface area contributed by atoms with Crippen molar-refractivity contribution in [2.24, 2.45) is 5.10 Å². The molecule has 1 unspecified atom stereocenters. The summed E-state index contributed by atoms with van der Waals surface area (Å²) in [5, 5.41) is 8.43. The van der Waals surface area contributed by atoms with Crippen molar-refractivity contribution in [3.8, 4) is 0 Å². The zero-order chi connectivity index (χ0) is 30.4. The second kappa shape index (κ2) is 13.3. The molecule has 3 amide bonds. The van der Waals surface area contributed by atoms with Crippen LogP contribution >= 0.6 is 0 Å². The van der Waals surface area contributed by atoms with Gasteiger partial charge in [-0.05, 0) is 35.9 Å². The molecule has 1 fully saturated rings. The largest absolute Gasteiger partial charge is 0.416 e. The molecule has 0 spiro atoms. The predicted molar refractivity (Wildman–Crippen MR) is 153 cm³/mol. The van der Waals surface area contributed by atoms with Crippen molar-refractivity contribution < 1.29 is 31.9 Å². The highest BCUT2D eigenvalue weighted by molar-refractivity contribution is 6.03. The van der Waals surface area contributed by atoms with E-state index in [1.54, 1.807) is 18.2 Å². The van der Waals surface area contributed by atoms with Crippen molar-refractivity contribution in [1.82, 2.24) is 14.8 Å². The molecule has 0 aromatic heterocycles. The van der Waals surface area contributed by atoms with Gasteiger partial charge in [0.2, 0.25) is 0 Å². The van der Waals surface area contributed by atoms with Gasteiger partial charge >= 0.3 is 12.2 Å². The summed E-state index contributed by atoms with van der Waals surface area (Å²) in [7, 11) is 0. The summed E-state index contributed by atoms with van der Waals surface area (Å²) < 4.78 is 59.1. The number of carbonyl (C=O) groups excluding carboxylic acids is 2. The summed E-state index contributed by atoms with van der Waals surface area (Å²) in [6.07, 6.45) is -4.23. The number of hydrazone groups is 1. The fourth-order valence-electron chi connectivity index (χ4n) is 5.05. The molecule has 226 valence electrons. The van der Waals surface area contributed by atoms with Crippen LogP contribution in [-0.4, -0.2) is 78.4 Å². The summed E-state index contributed by atoms with van der Waals surface area (Å²) in [5.41, 5.74) is 0.830. The maximum Gasteiger partial charge on any atom is 0.416 e. The lowest BCUT2D eigenvalue weighted by Gasteiger charge is -2.31. The van der Waals surface area contributed by atoms with Crippen LogP contribution < -0.4 is 5.32 Å². The fourth-order valence-corrected chi connectivity index (χ4v) is 5.05. The Hall–Kier alpha value is -4.29. The molecule has 12 heteroatoms. The number of rotatable bonds is 8. The van der Waals surface area contributed by atoms with E-state index in [1.807, 2.05) is 30.3 Å². The summed E-state index contributed by atoms with van der Waals surface area (Å²) in [6.45, 7) is 2.72. The highest BCUT2D eigenvalue weighted by atomic mass is 19.4. The third-order valence-corrected chi connectivity index (χ3v) is 7.40. The molecule has 2 aliphatic heterocycles. The van der Waals surface area contributed by atoms with Crippen molar-refractivity contribution in [3.05, 3.63) is 101 Å². The molecule has 3 aromatic carbocycles. The number of morpholine rings is 1. The molecule has 0 radical (unpaired) electrons. The zero-order valence-corrected chi connectivity index (χ0v) is 23.3. The normalized spacial score (nSPS) is 17.4. The van der Waals surface area contributed by atoms with E-state index in [0.717, 1.165) is 17.7 Å². The number of urea groups is 1. The van der Waals surface area contributed by atoms with Gasteiger partial charge in [0, 0.05) is 43.9 Å². The number of benzene rings is 3. The lowest BCUT2D eigenvalue weighted by Crippen LogP contribution is -2.47. The average molecular weight is 598 g/mol. The van der Waals surface area contributed by atoms with E-state index >= 15 is 0 Å². The van der Waals surface area contributed by atoms with Crippen molar-refractivity contribution >= 4 is 23.3 Å². The monoisotopic (exact) mass is 597 g/mol. The number of alkyl halides is 3. The first kappa shape index (κ1) is 30.2. The topological polar surface area (TPSA) is 77.5 Å². The Balaban J connectivity index is 1.37. The number of halogens is 4. The second-order valence-electron chi connectivity index (χ2n) is 10.3. The Bertz CT molecular complexity index is 1440. The molecule has 3 aromatic rings. The van der Waals surface area contributed by atoms with Crippen LogP contribution in [0.15, 0.2) is 84.0 Å². The first-order valence-corrected chi connectivity index (χ1v) is 13.9. The smallest absolute Gasteiger partial charge is 0.379 e. The molecule has 1 atom stereocenters. The Labute approximate surface area is 246 Å². The quantitative estimate of drug-likeness (QED) is 0.354. The summed E-state index contributed by atoms with van der Waals surface area (Å²) in [4.78, 5) is 30.6. The van der Waals surface area contributed by atoms with Crippen molar-refractivity contribution in [1.29, 1.82) is 0 Å². The third-order valence-electron chi connectivity index (χ3n) is 7.40. The van der Waals surface area contributed by atoms with E-state index in [2.05, 4.69) is 15.3 Å². The Morgan fingerprint density at radius 2 is 1.63 bits per heavy atom. The number of ether oxygens (including phenoxy) is 1. The Kier molecular flexibility index (Phi) is 9.37. The van der Waals surface area contributed by atoms with E-state index < -0.39 is 35.5 Å². The van der Waals surface area contributed by atoms with Crippen molar-refractivity contribution in [2.45, 2.75) is 18.6 Å². The highest BCUT2D eigenvalue weighted by Gasteiger charge is 2.35. The molecule has 8 nitrogen and oxygen atoms in total. The fraction of sp³-hybridized carbons (Fsp3) is 0.323. The van der Waals surface area contributed by atoms with Crippen LogP contribution in [0.1, 0.15) is 29.2 Å². The number of anilines is 1. The van der Waals surface area contributed by atoms with Gasteiger partial charge in [0.15, 0.2) is 0 Å². The number of amides is 3. The summed E-state index contributed by atoms with van der Waals surface area (Å²) in [6, 6.07) is 18.4. The Morgan fingerprint density at radius 1 is 0.953 bits per heavy atom. The molecule has 2 heterocycles. The second-order valence-corrected chi connectivity index (χ2v) is 10.3. The van der Waals surface area contributed by atoms with Crippen LogP contribution in [0.5, 0.6) is 0 Å². The average Bonchev–Trinajstić information content (AvgIpc) is 3.46.